The molecule has 0 aromatic rings. The minimum atomic E-state index is -0.357. The van der Waals surface area contributed by atoms with Crippen LogP contribution in [0.4, 0.5) is 0 Å². The van der Waals surface area contributed by atoms with Gasteiger partial charge in [0.1, 0.15) is 6.29 Å². The van der Waals surface area contributed by atoms with Gasteiger partial charge in [-0.1, -0.05) is 13.8 Å². The van der Waals surface area contributed by atoms with Crippen LogP contribution in [0.5, 0.6) is 0 Å². The number of carbonyl (C=O) groups is 2. The molecule has 1 atom stereocenters. The van der Waals surface area contributed by atoms with Crippen molar-refractivity contribution in [1.29, 1.82) is 0 Å². The Hall–Kier alpha value is -0.860. The molecular formula is C9H17NO2. The van der Waals surface area contributed by atoms with E-state index in [4.69, 9.17) is 0 Å². The van der Waals surface area contributed by atoms with E-state index >= 15 is 0 Å². The van der Waals surface area contributed by atoms with Crippen LogP contribution in [0, 0.1) is 5.92 Å². The molecule has 0 aromatic carbocycles. The van der Waals surface area contributed by atoms with E-state index in [-0.39, 0.29) is 11.9 Å². The highest BCUT2D eigenvalue weighted by Crippen LogP contribution is 2.02. The Bertz CT molecular complexity index is 155. The Morgan fingerprint density at radius 2 is 2.00 bits per heavy atom. The van der Waals surface area contributed by atoms with Crippen molar-refractivity contribution < 1.29 is 9.59 Å². The van der Waals surface area contributed by atoms with Crippen molar-refractivity contribution in [3.63, 3.8) is 0 Å². The molecule has 70 valence electrons. The number of hydrogen-bond acceptors (Lipinski definition) is 2. The molecule has 0 aliphatic carbocycles. The van der Waals surface area contributed by atoms with E-state index < -0.39 is 0 Å². The molecule has 0 saturated heterocycles. The fourth-order valence-electron chi connectivity index (χ4n) is 0.780. The van der Waals surface area contributed by atoms with Crippen molar-refractivity contribution in [2.24, 2.45) is 5.92 Å². The number of rotatable bonds is 5. The van der Waals surface area contributed by atoms with Crippen LogP contribution in [0.15, 0.2) is 0 Å². The maximum atomic E-state index is 11.0. The van der Waals surface area contributed by atoms with E-state index in [1.165, 1.54) is 0 Å². The van der Waals surface area contributed by atoms with Gasteiger partial charge in [0.2, 0.25) is 5.91 Å². The van der Waals surface area contributed by atoms with E-state index in [9.17, 15) is 9.59 Å². The molecule has 0 heterocycles. The van der Waals surface area contributed by atoms with Gasteiger partial charge in [0.05, 0.1) is 6.04 Å². The van der Waals surface area contributed by atoms with Gasteiger partial charge < -0.3 is 10.1 Å². The zero-order valence-corrected chi connectivity index (χ0v) is 7.96. The van der Waals surface area contributed by atoms with Crippen molar-refractivity contribution in [3.8, 4) is 0 Å². The minimum absolute atomic E-state index is 0.0386. The predicted octanol–water partition coefficient (Wildman–Crippen LogP) is 1.13. The van der Waals surface area contributed by atoms with Gasteiger partial charge in [0.15, 0.2) is 0 Å². The van der Waals surface area contributed by atoms with E-state index in [1.54, 1.807) is 6.92 Å². The zero-order chi connectivity index (χ0) is 9.56. The SMILES string of the molecule is CC(C)CCC(=O)NC(C)C=O. The smallest absolute Gasteiger partial charge is 0.220 e. The van der Waals surface area contributed by atoms with Crippen LogP contribution >= 0.6 is 0 Å². The van der Waals surface area contributed by atoms with Crippen LogP contribution in [0.3, 0.4) is 0 Å². The standard InChI is InChI=1S/C9H17NO2/c1-7(2)4-5-9(12)10-8(3)6-11/h6-8H,4-5H2,1-3H3,(H,10,12). The zero-order valence-electron chi connectivity index (χ0n) is 7.96. The van der Waals surface area contributed by atoms with Gasteiger partial charge in [-0.3, -0.25) is 4.79 Å². The molecule has 3 heteroatoms. The molecular weight excluding hydrogens is 154 g/mol. The highest BCUT2D eigenvalue weighted by molar-refractivity contribution is 5.79. The summed E-state index contributed by atoms with van der Waals surface area (Å²) in [6.45, 7) is 5.80. The Morgan fingerprint density at radius 1 is 1.42 bits per heavy atom. The van der Waals surface area contributed by atoms with Crippen molar-refractivity contribution in [2.45, 2.75) is 39.7 Å². The molecule has 0 bridgehead atoms. The average molecular weight is 171 g/mol. The quantitative estimate of drug-likeness (QED) is 0.630. The summed E-state index contributed by atoms with van der Waals surface area (Å²) < 4.78 is 0. The second-order valence-electron chi connectivity index (χ2n) is 3.42. The third-order valence-corrected chi connectivity index (χ3v) is 1.54. The molecule has 0 aromatic heterocycles. The number of carbonyl (C=O) groups excluding carboxylic acids is 2. The molecule has 1 unspecified atom stereocenters. The molecule has 0 saturated carbocycles. The summed E-state index contributed by atoms with van der Waals surface area (Å²) in [7, 11) is 0. The average Bonchev–Trinajstić information content (AvgIpc) is 2.00. The van der Waals surface area contributed by atoms with Crippen molar-refractivity contribution in [3.05, 3.63) is 0 Å². The van der Waals surface area contributed by atoms with Crippen LogP contribution in [-0.2, 0) is 9.59 Å². The fraction of sp³-hybridized carbons (Fsp3) is 0.778. The van der Waals surface area contributed by atoms with Gasteiger partial charge in [0, 0.05) is 6.42 Å². The highest BCUT2D eigenvalue weighted by Gasteiger charge is 2.06. The first-order valence-corrected chi connectivity index (χ1v) is 4.31. The lowest BCUT2D eigenvalue weighted by atomic mass is 10.1. The van der Waals surface area contributed by atoms with Gasteiger partial charge in [-0.2, -0.15) is 0 Å². The largest absolute Gasteiger partial charge is 0.347 e. The molecule has 0 radical (unpaired) electrons. The lowest BCUT2D eigenvalue weighted by molar-refractivity contribution is -0.124. The van der Waals surface area contributed by atoms with Crippen molar-refractivity contribution in [2.75, 3.05) is 0 Å². The van der Waals surface area contributed by atoms with E-state index in [0.29, 0.717) is 12.3 Å². The third-order valence-electron chi connectivity index (χ3n) is 1.54. The van der Waals surface area contributed by atoms with Gasteiger partial charge in [0.25, 0.3) is 0 Å². The van der Waals surface area contributed by atoms with Crippen LogP contribution < -0.4 is 5.32 Å². The summed E-state index contributed by atoms with van der Waals surface area (Å²) in [4.78, 5) is 21.2. The minimum Gasteiger partial charge on any atom is -0.347 e. The first-order valence-electron chi connectivity index (χ1n) is 4.31. The van der Waals surface area contributed by atoms with E-state index in [0.717, 1.165) is 12.7 Å². The number of nitrogens with one attached hydrogen (secondary N) is 1. The van der Waals surface area contributed by atoms with Gasteiger partial charge in [-0.15, -0.1) is 0 Å². The summed E-state index contributed by atoms with van der Waals surface area (Å²) in [6.07, 6.45) is 2.11. The Labute approximate surface area is 73.5 Å². The molecule has 0 rings (SSSR count). The molecule has 1 N–H and O–H groups in total. The normalized spacial score (nSPS) is 12.7. The van der Waals surface area contributed by atoms with E-state index in [1.807, 2.05) is 0 Å². The van der Waals surface area contributed by atoms with Crippen LogP contribution in [0.1, 0.15) is 33.6 Å². The summed E-state index contributed by atoms with van der Waals surface area (Å²) >= 11 is 0. The fourth-order valence-corrected chi connectivity index (χ4v) is 0.780. The molecule has 0 fully saturated rings. The molecule has 3 nitrogen and oxygen atoms in total. The third kappa shape index (κ3) is 5.89. The Kier molecular flexibility index (Phi) is 5.34. The van der Waals surface area contributed by atoms with Gasteiger partial charge >= 0.3 is 0 Å². The lowest BCUT2D eigenvalue weighted by Crippen LogP contribution is -2.33. The topological polar surface area (TPSA) is 46.2 Å². The Balaban J connectivity index is 3.53. The predicted molar refractivity (Wildman–Crippen MR) is 47.7 cm³/mol. The number of aldehydes is 1. The second kappa shape index (κ2) is 5.75. The maximum Gasteiger partial charge on any atom is 0.220 e. The number of amides is 1. The summed E-state index contributed by atoms with van der Waals surface area (Å²) in [5, 5.41) is 2.58. The second-order valence-corrected chi connectivity index (χ2v) is 3.42. The first kappa shape index (κ1) is 11.1. The molecule has 0 aliphatic rings. The summed E-state index contributed by atoms with van der Waals surface area (Å²) in [5.74, 6) is 0.491. The molecule has 0 spiro atoms. The highest BCUT2D eigenvalue weighted by atomic mass is 16.2. The monoisotopic (exact) mass is 171 g/mol. The molecule has 12 heavy (non-hydrogen) atoms. The van der Waals surface area contributed by atoms with Crippen LogP contribution in [0.2, 0.25) is 0 Å². The van der Waals surface area contributed by atoms with Crippen molar-refractivity contribution in [1.82, 2.24) is 5.32 Å². The number of hydrogen-bond donors (Lipinski definition) is 1. The van der Waals surface area contributed by atoms with Crippen molar-refractivity contribution >= 4 is 12.2 Å². The Morgan fingerprint density at radius 3 is 2.42 bits per heavy atom. The lowest BCUT2D eigenvalue weighted by Gasteiger charge is -2.08. The summed E-state index contributed by atoms with van der Waals surface area (Å²) in [6, 6.07) is -0.357. The van der Waals surface area contributed by atoms with Crippen LogP contribution in [-0.4, -0.2) is 18.2 Å². The van der Waals surface area contributed by atoms with E-state index in [2.05, 4.69) is 19.2 Å². The summed E-state index contributed by atoms with van der Waals surface area (Å²) in [5.41, 5.74) is 0. The maximum absolute atomic E-state index is 11.0. The van der Waals surface area contributed by atoms with Crippen LogP contribution in [0.25, 0.3) is 0 Å². The van der Waals surface area contributed by atoms with Gasteiger partial charge in [-0.25, -0.2) is 0 Å². The molecule has 0 aliphatic heterocycles. The molecule has 1 amide bonds. The first-order chi connectivity index (χ1) is 5.56. The van der Waals surface area contributed by atoms with Gasteiger partial charge in [-0.05, 0) is 19.3 Å².